The number of amides is 2. The molecule has 2 amide bonds. The number of aliphatic carboxylic acids is 1. The minimum atomic E-state index is -0.833. The van der Waals surface area contributed by atoms with Gasteiger partial charge in [-0.2, -0.15) is 0 Å². The van der Waals surface area contributed by atoms with Gasteiger partial charge in [-0.05, 0) is 31.0 Å². The predicted octanol–water partition coefficient (Wildman–Crippen LogP) is 3.37. The number of halogens is 2. The number of anilines is 1. The highest BCUT2D eigenvalue weighted by molar-refractivity contribution is 6.42. The second kappa shape index (κ2) is 7.86. The van der Waals surface area contributed by atoms with Crippen LogP contribution in [0.2, 0.25) is 10.0 Å². The lowest BCUT2D eigenvalue weighted by atomic mass is 10.2. The lowest BCUT2D eigenvalue weighted by Crippen LogP contribution is -2.29. The number of carbonyl (C=O) groups is 2. The Hall–Kier alpha value is -1.46. The van der Waals surface area contributed by atoms with E-state index in [2.05, 4.69) is 10.6 Å². The van der Waals surface area contributed by atoms with Crippen LogP contribution in [0.3, 0.4) is 0 Å². The molecule has 1 rings (SSSR count). The van der Waals surface area contributed by atoms with Gasteiger partial charge in [0.1, 0.15) is 0 Å². The Balaban J connectivity index is 2.27. The van der Waals surface area contributed by atoms with Crippen LogP contribution in [0, 0.1) is 0 Å². The van der Waals surface area contributed by atoms with E-state index < -0.39 is 5.97 Å². The van der Waals surface area contributed by atoms with Crippen LogP contribution in [0.5, 0.6) is 0 Å². The topological polar surface area (TPSA) is 78.4 Å². The first-order chi connectivity index (χ1) is 8.99. The maximum Gasteiger partial charge on any atom is 0.319 e. The predicted molar refractivity (Wildman–Crippen MR) is 75.0 cm³/mol. The summed E-state index contributed by atoms with van der Waals surface area (Å²) < 4.78 is 0. The molecule has 3 N–H and O–H groups in total. The zero-order valence-electron chi connectivity index (χ0n) is 10.1. The highest BCUT2D eigenvalue weighted by Crippen LogP contribution is 2.24. The number of carbonyl (C=O) groups excluding carboxylic acids is 1. The molecule has 0 atom stereocenters. The van der Waals surface area contributed by atoms with Crippen molar-refractivity contribution in [1.29, 1.82) is 0 Å². The normalized spacial score (nSPS) is 10.0. The largest absolute Gasteiger partial charge is 0.481 e. The van der Waals surface area contributed by atoms with Crippen LogP contribution >= 0.6 is 23.2 Å². The molecule has 0 spiro atoms. The summed E-state index contributed by atoms with van der Waals surface area (Å²) in [7, 11) is 0. The Morgan fingerprint density at radius 2 is 1.89 bits per heavy atom. The summed E-state index contributed by atoms with van der Waals surface area (Å²) in [5.41, 5.74) is 0.539. The van der Waals surface area contributed by atoms with E-state index in [0.29, 0.717) is 35.1 Å². The maximum absolute atomic E-state index is 11.5. The van der Waals surface area contributed by atoms with E-state index in [0.717, 1.165) is 0 Å². The monoisotopic (exact) mass is 304 g/mol. The van der Waals surface area contributed by atoms with Crippen molar-refractivity contribution in [3.05, 3.63) is 28.2 Å². The molecule has 0 fully saturated rings. The quantitative estimate of drug-likeness (QED) is 0.705. The van der Waals surface area contributed by atoms with E-state index in [1.807, 2.05) is 0 Å². The lowest BCUT2D eigenvalue weighted by Gasteiger charge is -2.08. The van der Waals surface area contributed by atoms with Gasteiger partial charge in [-0.25, -0.2) is 4.79 Å². The molecule has 0 heterocycles. The van der Waals surface area contributed by atoms with E-state index in [1.165, 1.54) is 0 Å². The molecule has 5 nitrogen and oxygen atoms in total. The highest BCUT2D eigenvalue weighted by Gasteiger charge is 2.04. The van der Waals surface area contributed by atoms with Gasteiger partial charge < -0.3 is 15.7 Å². The number of nitrogens with one attached hydrogen (secondary N) is 2. The van der Waals surface area contributed by atoms with Crippen molar-refractivity contribution in [2.45, 2.75) is 19.3 Å². The fourth-order valence-electron chi connectivity index (χ4n) is 1.35. The lowest BCUT2D eigenvalue weighted by molar-refractivity contribution is -0.137. The van der Waals surface area contributed by atoms with E-state index in [4.69, 9.17) is 28.3 Å². The van der Waals surface area contributed by atoms with Crippen molar-refractivity contribution >= 4 is 40.9 Å². The number of rotatable bonds is 6. The molecule has 1 aromatic carbocycles. The van der Waals surface area contributed by atoms with E-state index in [1.54, 1.807) is 18.2 Å². The third kappa shape index (κ3) is 6.31. The molecule has 0 unspecified atom stereocenters. The molecule has 0 bridgehead atoms. The number of carboxylic acid groups (broad SMARTS) is 1. The van der Waals surface area contributed by atoms with E-state index >= 15 is 0 Å². The first kappa shape index (κ1) is 15.6. The zero-order chi connectivity index (χ0) is 14.3. The van der Waals surface area contributed by atoms with E-state index in [9.17, 15) is 9.59 Å². The molecule has 0 aliphatic carbocycles. The summed E-state index contributed by atoms with van der Waals surface area (Å²) in [6, 6.07) is 4.41. The summed E-state index contributed by atoms with van der Waals surface area (Å²) >= 11 is 11.6. The van der Waals surface area contributed by atoms with Crippen molar-refractivity contribution < 1.29 is 14.7 Å². The number of carboxylic acids is 1. The smallest absolute Gasteiger partial charge is 0.319 e. The van der Waals surface area contributed by atoms with E-state index in [-0.39, 0.29) is 12.5 Å². The van der Waals surface area contributed by atoms with Crippen molar-refractivity contribution in [2.75, 3.05) is 11.9 Å². The van der Waals surface area contributed by atoms with Gasteiger partial charge in [0.15, 0.2) is 0 Å². The molecule has 19 heavy (non-hydrogen) atoms. The first-order valence-corrected chi connectivity index (χ1v) is 6.46. The Morgan fingerprint density at radius 1 is 1.16 bits per heavy atom. The Kier molecular flexibility index (Phi) is 6.45. The second-order valence-electron chi connectivity index (χ2n) is 3.86. The Morgan fingerprint density at radius 3 is 2.53 bits per heavy atom. The van der Waals surface area contributed by atoms with Gasteiger partial charge in [-0.3, -0.25) is 4.79 Å². The number of hydrogen-bond acceptors (Lipinski definition) is 2. The molecule has 1 aromatic rings. The van der Waals surface area contributed by atoms with Gasteiger partial charge in [0.05, 0.1) is 10.0 Å². The van der Waals surface area contributed by atoms with Crippen LogP contribution in [0.25, 0.3) is 0 Å². The van der Waals surface area contributed by atoms with Gasteiger partial charge in [-0.15, -0.1) is 0 Å². The summed E-state index contributed by atoms with van der Waals surface area (Å²) in [5.74, 6) is -0.833. The van der Waals surface area contributed by atoms with Crippen LogP contribution in [0.4, 0.5) is 10.5 Å². The van der Waals surface area contributed by atoms with Crippen LogP contribution in [0.1, 0.15) is 19.3 Å². The Bertz CT molecular complexity index is 466. The summed E-state index contributed by atoms with van der Waals surface area (Å²) in [5, 5.41) is 14.4. The molecule has 0 aliphatic heterocycles. The first-order valence-electron chi connectivity index (χ1n) is 5.70. The fraction of sp³-hybridized carbons (Fsp3) is 0.333. The zero-order valence-corrected chi connectivity index (χ0v) is 11.6. The fourth-order valence-corrected chi connectivity index (χ4v) is 1.65. The molecule has 7 heteroatoms. The van der Waals surface area contributed by atoms with Crippen LogP contribution in [-0.2, 0) is 4.79 Å². The highest BCUT2D eigenvalue weighted by atomic mass is 35.5. The molecule has 0 aromatic heterocycles. The number of benzene rings is 1. The van der Waals surface area contributed by atoms with Crippen molar-refractivity contribution in [2.24, 2.45) is 0 Å². The van der Waals surface area contributed by atoms with Crippen LogP contribution < -0.4 is 10.6 Å². The maximum atomic E-state index is 11.5. The summed E-state index contributed by atoms with van der Waals surface area (Å²) in [6.07, 6.45) is 1.25. The number of urea groups is 1. The molecule has 0 radical (unpaired) electrons. The molecule has 0 aliphatic rings. The minimum Gasteiger partial charge on any atom is -0.481 e. The van der Waals surface area contributed by atoms with Crippen LogP contribution in [-0.4, -0.2) is 23.7 Å². The SMILES string of the molecule is O=C(O)CCCCNC(=O)Nc1ccc(Cl)c(Cl)c1. The van der Waals surface area contributed by atoms with Crippen molar-refractivity contribution in [3.63, 3.8) is 0 Å². The van der Waals surface area contributed by atoms with Gasteiger partial charge >= 0.3 is 12.0 Å². The summed E-state index contributed by atoms with van der Waals surface area (Å²) in [4.78, 5) is 21.8. The van der Waals surface area contributed by atoms with Crippen molar-refractivity contribution in [3.8, 4) is 0 Å². The van der Waals surface area contributed by atoms with Crippen molar-refractivity contribution in [1.82, 2.24) is 5.32 Å². The second-order valence-corrected chi connectivity index (χ2v) is 4.68. The van der Waals surface area contributed by atoms with Gasteiger partial charge in [-0.1, -0.05) is 23.2 Å². The Labute approximate surface area is 120 Å². The van der Waals surface area contributed by atoms with Gasteiger partial charge in [0.25, 0.3) is 0 Å². The number of unbranched alkanes of at least 4 members (excludes halogenated alkanes) is 1. The summed E-state index contributed by atoms with van der Waals surface area (Å²) in [6.45, 7) is 0.417. The van der Waals surface area contributed by atoms with Gasteiger partial charge in [0.2, 0.25) is 0 Å². The average Bonchev–Trinajstić information content (AvgIpc) is 2.33. The van der Waals surface area contributed by atoms with Gasteiger partial charge in [0, 0.05) is 18.7 Å². The third-order valence-electron chi connectivity index (χ3n) is 2.28. The molecule has 0 saturated carbocycles. The molecule has 0 saturated heterocycles. The average molecular weight is 305 g/mol. The number of hydrogen-bond donors (Lipinski definition) is 3. The van der Waals surface area contributed by atoms with Crippen LogP contribution in [0.15, 0.2) is 18.2 Å². The minimum absolute atomic E-state index is 0.107. The molecule has 104 valence electrons. The standard InChI is InChI=1S/C12H14Cl2N2O3/c13-9-5-4-8(7-10(9)14)16-12(19)15-6-2-1-3-11(17)18/h4-5,7H,1-3,6H2,(H,17,18)(H2,15,16,19). The third-order valence-corrected chi connectivity index (χ3v) is 3.02. The molecular weight excluding hydrogens is 291 g/mol. The molecular formula is C12H14Cl2N2O3.